The molecule has 2 heterocycles. The smallest absolute Gasteiger partial charge is 0.478 e. The molecule has 0 saturated carbocycles. The van der Waals surface area contributed by atoms with Gasteiger partial charge in [0.1, 0.15) is 11.6 Å². The fraction of sp³-hybridized carbons (Fsp3) is 0. The van der Waals surface area contributed by atoms with Crippen LogP contribution in [0.5, 0.6) is 0 Å². The Hall–Kier alpha value is -3.05. The van der Waals surface area contributed by atoms with E-state index in [1.54, 1.807) is 12.4 Å². The van der Waals surface area contributed by atoms with E-state index in [2.05, 4.69) is 15.3 Å². The summed E-state index contributed by atoms with van der Waals surface area (Å²) in [7, 11) is 0. The number of benzene rings is 1. The van der Waals surface area contributed by atoms with Crippen LogP contribution in [0.25, 0.3) is 0 Å². The van der Waals surface area contributed by atoms with Crippen molar-refractivity contribution in [2.24, 2.45) is 0 Å². The van der Waals surface area contributed by atoms with E-state index >= 15 is 0 Å². The van der Waals surface area contributed by atoms with Crippen LogP contribution in [0, 0.1) is 14.9 Å². The number of anilines is 2. The van der Waals surface area contributed by atoms with E-state index < -0.39 is 11.9 Å². The van der Waals surface area contributed by atoms with Crippen molar-refractivity contribution >= 4 is 23.6 Å². The number of carboxylic acid groups (broad SMARTS) is 2. The van der Waals surface area contributed by atoms with Crippen molar-refractivity contribution in [2.45, 2.75) is 0 Å². The summed E-state index contributed by atoms with van der Waals surface area (Å²) in [6.07, 6.45) is 3.48. The van der Waals surface area contributed by atoms with E-state index in [1.807, 2.05) is 36.4 Å². The molecule has 3 aromatic rings. The van der Waals surface area contributed by atoms with Gasteiger partial charge in [0.15, 0.2) is 0 Å². The summed E-state index contributed by atoms with van der Waals surface area (Å²) in [5.41, 5.74) is -0.380. The molecular weight excluding hydrogens is 541 g/mol. The van der Waals surface area contributed by atoms with Gasteiger partial charge in [0.25, 0.3) is 0 Å². The molecule has 150 valence electrons. The maximum atomic E-state index is 10.5. The first-order valence-electron chi connectivity index (χ1n) is 7.22. The quantitative estimate of drug-likeness (QED) is 0.409. The Kier molecular flexibility index (Phi) is 13.6. The maximum Gasteiger partial charge on any atom is 2.00 e. The summed E-state index contributed by atoms with van der Waals surface area (Å²) >= 11 is 0. The Labute approximate surface area is 178 Å². The van der Waals surface area contributed by atoms with Crippen LogP contribution in [0.2, 0.25) is 0 Å². The first-order chi connectivity index (χ1) is 12.1. The van der Waals surface area contributed by atoms with Crippen molar-refractivity contribution in [2.75, 3.05) is 5.32 Å². The van der Waals surface area contributed by atoms with E-state index in [9.17, 15) is 9.59 Å². The number of pyridine rings is 2. The fourth-order valence-corrected chi connectivity index (χ4v) is 1.86. The van der Waals surface area contributed by atoms with Crippen LogP contribution in [-0.2, 0) is 21.1 Å². The number of aromatic carboxylic acids is 2. The minimum Gasteiger partial charge on any atom is -0.478 e. The molecule has 0 unspecified atom stereocenters. The largest absolute Gasteiger partial charge is 2.00 e. The zero-order chi connectivity index (χ0) is 18.1. The van der Waals surface area contributed by atoms with Gasteiger partial charge in [0.05, 0.1) is 11.1 Å². The molecule has 0 aliphatic rings. The predicted octanol–water partition coefficient (Wildman–Crippen LogP) is 4.20. The molecule has 0 bridgehead atoms. The Morgan fingerprint density at radius 1 is 0.679 bits per heavy atom. The molecule has 1 aromatic carbocycles. The van der Waals surface area contributed by atoms with Crippen molar-refractivity contribution in [3.05, 3.63) is 99.0 Å². The summed E-state index contributed by atoms with van der Waals surface area (Å²) in [6.45, 7) is 0. The standard InChI is InChI=1S/C10H9N3.C8H6O4.2CH3.Pt/c1-3-7-11-9(5-1)13-10-6-2-4-8-12-10;9-7(10)5-3-1-2-4-6(5)8(11)12;;;/h1-8H,(H,11,12,13);1-4H,(H,9,10)(H,11,12);2*1H3;/q;;2*-1;+2. The van der Waals surface area contributed by atoms with Crippen LogP contribution in [0.15, 0.2) is 73.1 Å². The second-order valence-electron chi connectivity index (χ2n) is 4.71. The van der Waals surface area contributed by atoms with Gasteiger partial charge in [-0.25, -0.2) is 19.6 Å². The zero-order valence-electron chi connectivity index (χ0n) is 15.3. The van der Waals surface area contributed by atoms with Crippen molar-refractivity contribution in [3.8, 4) is 0 Å². The van der Waals surface area contributed by atoms with Gasteiger partial charge in [-0.2, -0.15) is 0 Å². The molecule has 8 heteroatoms. The van der Waals surface area contributed by atoms with Gasteiger partial charge in [0.2, 0.25) is 0 Å². The number of carboxylic acids is 2. The number of hydrogen-bond acceptors (Lipinski definition) is 5. The topological polar surface area (TPSA) is 112 Å². The summed E-state index contributed by atoms with van der Waals surface area (Å²) in [4.78, 5) is 29.2. The van der Waals surface area contributed by atoms with Crippen molar-refractivity contribution in [1.82, 2.24) is 9.97 Å². The number of nitrogens with one attached hydrogen (secondary N) is 1. The fourth-order valence-electron chi connectivity index (χ4n) is 1.86. The Morgan fingerprint density at radius 3 is 1.32 bits per heavy atom. The average Bonchev–Trinajstić information content (AvgIpc) is 2.64. The van der Waals surface area contributed by atoms with Crippen LogP contribution >= 0.6 is 0 Å². The third kappa shape index (κ3) is 8.55. The van der Waals surface area contributed by atoms with Crippen LogP contribution in [0.4, 0.5) is 11.6 Å². The molecule has 0 saturated heterocycles. The van der Waals surface area contributed by atoms with E-state index in [0.717, 1.165) is 11.6 Å². The van der Waals surface area contributed by atoms with Crippen LogP contribution in [0.3, 0.4) is 0 Å². The van der Waals surface area contributed by atoms with Gasteiger partial charge in [-0.05, 0) is 36.4 Å². The van der Waals surface area contributed by atoms with E-state index in [0.29, 0.717) is 0 Å². The molecule has 2 aromatic heterocycles. The Balaban J connectivity index is 0. The predicted molar refractivity (Wildman–Crippen MR) is 105 cm³/mol. The number of carbonyl (C=O) groups is 2. The van der Waals surface area contributed by atoms with Crippen molar-refractivity contribution in [3.63, 3.8) is 0 Å². The van der Waals surface area contributed by atoms with E-state index in [-0.39, 0.29) is 47.0 Å². The third-order valence-electron chi connectivity index (χ3n) is 2.97. The first kappa shape index (κ1) is 27.2. The summed E-state index contributed by atoms with van der Waals surface area (Å²) in [5.74, 6) is -0.844. The second-order valence-corrected chi connectivity index (χ2v) is 4.71. The molecule has 7 nitrogen and oxygen atoms in total. The third-order valence-corrected chi connectivity index (χ3v) is 2.97. The van der Waals surface area contributed by atoms with Gasteiger partial charge in [-0.15, -0.1) is 0 Å². The number of rotatable bonds is 4. The first-order valence-corrected chi connectivity index (χ1v) is 7.22. The van der Waals surface area contributed by atoms with Gasteiger partial charge in [0, 0.05) is 12.4 Å². The number of nitrogens with zero attached hydrogens (tertiary/aromatic N) is 2. The van der Waals surface area contributed by atoms with E-state index in [4.69, 9.17) is 10.2 Å². The molecule has 28 heavy (non-hydrogen) atoms. The molecule has 0 amide bonds. The maximum absolute atomic E-state index is 10.5. The summed E-state index contributed by atoms with van der Waals surface area (Å²) in [6, 6.07) is 16.9. The van der Waals surface area contributed by atoms with Crippen LogP contribution in [-0.4, -0.2) is 32.1 Å². The molecule has 0 radical (unpaired) electrons. The Bertz CT molecular complexity index is 776. The molecule has 0 fully saturated rings. The molecule has 0 atom stereocenters. The van der Waals surface area contributed by atoms with Crippen molar-refractivity contribution < 1.29 is 40.9 Å². The molecular formula is C20H21N3O4Pt. The van der Waals surface area contributed by atoms with Gasteiger partial charge >= 0.3 is 33.0 Å². The van der Waals surface area contributed by atoms with Crippen LogP contribution < -0.4 is 5.32 Å². The molecule has 0 aliphatic heterocycles. The SMILES string of the molecule is O=C(O)c1ccccc1C(=O)O.[CH3-].[CH3-].[Pt+2].c1ccc(Nc2ccccn2)nc1. The van der Waals surface area contributed by atoms with Crippen molar-refractivity contribution in [1.29, 1.82) is 0 Å². The average molecular weight is 562 g/mol. The number of aromatic nitrogens is 2. The minimum absolute atomic E-state index is 0. The summed E-state index contributed by atoms with van der Waals surface area (Å²) in [5, 5.41) is 20.2. The molecule has 0 spiro atoms. The molecule has 0 aliphatic carbocycles. The monoisotopic (exact) mass is 562 g/mol. The van der Waals surface area contributed by atoms with Gasteiger partial charge < -0.3 is 30.4 Å². The summed E-state index contributed by atoms with van der Waals surface area (Å²) < 4.78 is 0. The molecule has 3 N–H and O–H groups in total. The van der Waals surface area contributed by atoms with Gasteiger partial charge in [-0.1, -0.05) is 24.3 Å². The normalized spacial score (nSPS) is 8.43. The van der Waals surface area contributed by atoms with Crippen LogP contribution in [0.1, 0.15) is 20.7 Å². The minimum atomic E-state index is -1.23. The molecule has 3 rings (SSSR count). The zero-order valence-corrected chi connectivity index (χ0v) is 17.6. The second kappa shape index (κ2) is 14.1. The number of hydrogen-bond donors (Lipinski definition) is 3. The Morgan fingerprint density at radius 2 is 1.04 bits per heavy atom. The van der Waals surface area contributed by atoms with Gasteiger partial charge in [-0.3, -0.25) is 0 Å². The van der Waals surface area contributed by atoms with E-state index in [1.165, 1.54) is 24.3 Å².